The summed E-state index contributed by atoms with van der Waals surface area (Å²) in [4.78, 5) is 18.4. The van der Waals surface area contributed by atoms with Gasteiger partial charge in [0.1, 0.15) is 0 Å². The smallest absolute Gasteiger partial charge is 0.244 e. The van der Waals surface area contributed by atoms with Crippen molar-refractivity contribution in [3.8, 4) is 0 Å². The fourth-order valence-electron chi connectivity index (χ4n) is 5.43. The van der Waals surface area contributed by atoms with Crippen LogP contribution in [-0.2, 0) is 24.1 Å². The van der Waals surface area contributed by atoms with E-state index >= 15 is 0 Å². The predicted molar refractivity (Wildman–Crippen MR) is 118 cm³/mol. The van der Waals surface area contributed by atoms with Crippen LogP contribution in [0, 0.1) is 0 Å². The predicted octanol–water partition coefficient (Wildman–Crippen LogP) is 3.45. The highest BCUT2D eigenvalue weighted by atomic mass is 35.5. The molecule has 3 atom stereocenters. The van der Waals surface area contributed by atoms with E-state index in [2.05, 4.69) is 52.4 Å². The lowest BCUT2D eigenvalue weighted by Gasteiger charge is -2.42. The number of rotatable bonds is 3. The lowest BCUT2D eigenvalue weighted by Crippen LogP contribution is -2.60. The van der Waals surface area contributed by atoms with Crippen molar-refractivity contribution in [2.24, 2.45) is 0 Å². The van der Waals surface area contributed by atoms with Gasteiger partial charge in [-0.2, -0.15) is 0 Å². The molecule has 1 unspecified atom stereocenters. The first kappa shape index (κ1) is 19.1. The fraction of sp³-hybridized carbons (Fsp3) is 0.458. The van der Waals surface area contributed by atoms with Crippen molar-refractivity contribution in [3.05, 3.63) is 64.2 Å². The maximum Gasteiger partial charge on any atom is 0.244 e. The van der Waals surface area contributed by atoms with Gasteiger partial charge in [-0.1, -0.05) is 41.9 Å². The number of para-hydroxylation sites is 1. The number of anilines is 1. The van der Waals surface area contributed by atoms with Gasteiger partial charge in [0.25, 0.3) is 0 Å². The number of carbonyl (C=O) groups is 1. The molecular weight excluding hydrogens is 382 g/mol. The zero-order chi connectivity index (χ0) is 20.0. The van der Waals surface area contributed by atoms with Crippen LogP contribution in [0.5, 0.6) is 0 Å². The molecule has 3 aliphatic rings. The average Bonchev–Trinajstić information content (AvgIpc) is 2.98. The number of carbonyl (C=O) groups excluding carboxylic acids is 1. The topological polar surface area (TPSA) is 35.6 Å². The molecule has 1 saturated heterocycles. The maximum absolute atomic E-state index is 13.8. The Hall–Kier alpha value is -1.88. The zero-order valence-corrected chi connectivity index (χ0v) is 17.7. The minimum Gasteiger partial charge on any atom is -0.314 e. The summed E-state index contributed by atoms with van der Waals surface area (Å²) in [6, 6.07) is 15.2. The van der Waals surface area contributed by atoms with E-state index in [4.69, 9.17) is 11.6 Å². The molecule has 2 aromatic rings. The van der Waals surface area contributed by atoms with Crippen LogP contribution in [0.2, 0.25) is 5.02 Å². The summed E-state index contributed by atoms with van der Waals surface area (Å²) in [5.74, 6) is 0.296. The van der Waals surface area contributed by atoms with Crippen molar-refractivity contribution < 1.29 is 4.79 Å². The summed E-state index contributed by atoms with van der Waals surface area (Å²) in [7, 11) is 0. The number of hydrogen-bond donors (Lipinski definition) is 1. The van der Waals surface area contributed by atoms with Crippen LogP contribution in [0.15, 0.2) is 42.5 Å². The Balaban J connectivity index is 1.43. The van der Waals surface area contributed by atoms with Gasteiger partial charge in [-0.05, 0) is 61.4 Å². The van der Waals surface area contributed by atoms with E-state index in [1.807, 2.05) is 12.1 Å². The highest BCUT2D eigenvalue weighted by molar-refractivity contribution is 6.30. The summed E-state index contributed by atoms with van der Waals surface area (Å²) in [5.41, 5.74) is 5.15. The monoisotopic (exact) mass is 409 g/mol. The second-order valence-corrected chi connectivity index (χ2v) is 9.10. The average molecular weight is 410 g/mol. The Bertz CT molecular complexity index is 913. The van der Waals surface area contributed by atoms with Gasteiger partial charge in [0, 0.05) is 36.7 Å². The number of aryl methyl sites for hydroxylation is 1. The van der Waals surface area contributed by atoms with Crippen LogP contribution in [0.4, 0.5) is 5.69 Å². The van der Waals surface area contributed by atoms with E-state index in [1.165, 1.54) is 22.4 Å². The number of amides is 1. The number of nitrogens with zero attached hydrogens (tertiary/aromatic N) is 2. The zero-order valence-electron chi connectivity index (χ0n) is 16.9. The number of nitrogens with one attached hydrogen (secondary N) is 1. The van der Waals surface area contributed by atoms with E-state index in [0.717, 1.165) is 50.3 Å². The molecule has 0 aromatic heterocycles. The molecule has 0 bridgehead atoms. The van der Waals surface area contributed by atoms with Crippen LogP contribution in [-0.4, -0.2) is 48.6 Å². The van der Waals surface area contributed by atoms with Gasteiger partial charge in [0.15, 0.2) is 0 Å². The third-order valence-electron chi connectivity index (χ3n) is 6.79. The summed E-state index contributed by atoms with van der Waals surface area (Å²) in [6.45, 7) is 4.96. The highest BCUT2D eigenvalue weighted by Crippen LogP contribution is 2.39. The summed E-state index contributed by atoms with van der Waals surface area (Å²) >= 11 is 6.06. The van der Waals surface area contributed by atoms with Crippen molar-refractivity contribution in [2.45, 2.75) is 50.7 Å². The molecule has 2 aromatic carbocycles. The maximum atomic E-state index is 13.8. The lowest BCUT2D eigenvalue weighted by molar-refractivity contribution is -0.125. The molecule has 3 heterocycles. The van der Waals surface area contributed by atoms with Gasteiger partial charge in [-0.25, -0.2) is 0 Å². The van der Waals surface area contributed by atoms with E-state index in [0.29, 0.717) is 11.9 Å². The molecule has 1 fully saturated rings. The third-order valence-corrected chi connectivity index (χ3v) is 7.04. The largest absolute Gasteiger partial charge is 0.314 e. The van der Waals surface area contributed by atoms with Gasteiger partial charge >= 0.3 is 0 Å². The molecule has 5 rings (SSSR count). The first-order chi connectivity index (χ1) is 14.1. The Morgan fingerprint density at radius 2 is 1.93 bits per heavy atom. The van der Waals surface area contributed by atoms with Gasteiger partial charge in [0.05, 0.1) is 11.7 Å². The van der Waals surface area contributed by atoms with Crippen molar-refractivity contribution in [1.29, 1.82) is 0 Å². The quantitative estimate of drug-likeness (QED) is 0.843. The van der Waals surface area contributed by atoms with Gasteiger partial charge in [0.2, 0.25) is 5.91 Å². The van der Waals surface area contributed by atoms with E-state index < -0.39 is 0 Å². The fourth-order valence-corrected chi connectivity index (χ4v) is 5.56. The highest BCUT2D eigenvalue weighted by Gasteiger charge is 2.42. The number of piperazine rings is 1. The van der Waals surface area contributed by atoms with E-state index in [9.17, 15) is 4.79 Å². The van der Waals surface area contributed by atoms with Gasteiger partial charge < -0.3 is 10.2 Å². The molecule has 0 spiro atoms. The molecule has 1 amide bonds. The second kappa shape index (κ2) is 7.75. The Labute approximate surface area is 177 Å². The molecule has 5 heteroatoms. The first-order valence-corrected chi connectivity index (χ1v) is 11.1. The molecule has 0 radical (unpaired) electrons. The van der Waals surface area contributed by atoms with Crippen molar-refractivity contribution in [3.63, 3.8) is 0 Å². The molecule has 3 aliphatic heterocycles. The standard InChI is InChI=1S/C24H28ClN3O/c1-16-13-19-4-2-3-18-7-10-22(24(29)28(16)23(18)19)27-12-11-26-15-21(27)14-17-5-8-20(25)9-6-17/h2-6,8-9,16,21-22,26H,7,10-15H2,1H3/t16-,21?,22+/m1/s1. The second-order valence-electron chi connectivity index (χ2n) is 8.67. The third kappa shape index (κ3) is 3.48. The van der Waals surface area contributed by atoms with Crippen molar-refractivity contribution in [2.75, 3.05) is 24.5 Å². The number of halogens is 1. The van der Waals surface area contributed by atoms with Gasteiger partial charge in [-0.15, -0.1) is 0 Å². The Morgan fingerprint density at radius 3 is 2.76 bits per heavy atom. The summed E-state index contributed by atoms with van der Waals surface area (Å²) < 4.78 is 0. The van der Waals surface area contributed by atoms with Crippen LogP contribution in [0.3, 0.4) is 0 Å². The minimum absolute atomic E-state index is 0.0461. The SMILES string of the molecule is C[C@@H]1Cc2cccc3c2N1C(=O)[C@@H](N1CCNCC1Cc1ccc(Cl)cc1)CC3. The lowest BCUT2D eigenvalue weighted by atomic mass is 9.97. The Morgan fingerprint density at radius 1 is 1.14 bits per heavy atom. The summed E-state index contributed by atoms with van der Waals surface area (Å²) in [5, 5.41) is 4.30. The molecule has 0 aliphatic carbocycles. The van der Waals surface area contributed by atoms with E-state index in [-0.39, 0.29) is 12.1 Å². The number of hydrogen-bond acceptors (Lipinski definition) is 3. The molecular formula is C24H28ClN3O. The van der Waals surface area contributed by atoms with Crippen LogP contribution >= 0.6 is 11.6 Å². The number of benzene rings is 2. The normalized spacial score (nSPS) is 27.0. The molecule has 1 N–H and O–H groups in total. The summed E-state index contributed by atoms with van der Waals surface area (Å²) in [6.07, 6.45) is 3.77. The van der Waals surface area contributed by atoms with Gasteiger partial charge in [-0.3, -0.25) is 9.69 Å². The molecule has 29 heavy (non-hydrogen) atoms. The molecule has 4 nitrogen and oxygen atoms in total. The van der Waals surface area contributed by atoms with Crippen LogP contribution in [0.25, 0.3) is 0 Å². The van der Waals surface area contributed by atoms with Crippen molar-refractivity contribution in [1.82, 2.24) is 10.2 Å². The molecule has 152 valence electrons. The molecule has 0 saturated carbocycles. The van der Waals surface area contributed by atoms with E-state index in [1.54, 1.807) is 0 Å². The van der Waals surface area contributed by atoms with Crippen molar-refractivity contribution >= 4 is 23.2 Å². The van der Waals surface area contributed by atoms with Crippen LogP contribution in [0.1, 0.15) is 30.0 Å². The Kier molecular flexibility index (Phi) is 5.10. The van der Waals surface area contributed by atoms with Crippen LogP contribution < -0.4 is 10.2 Å². The minimum atomic E-state index is -0.0461. The first-order valence-electron chi connectivity index (χ1n) is 10.8.